The number of anilines is 1. The average molecular weight is 442 g/mol. The van der Waals surface area contributed by atoms with Gasteiger partial charge in [-0.3, -0.25) is 4.40 Å². The molecule has 1 aliphatic rings. The Bertz CT molecular complexity index is 1260. The fraction of sp³-hybridized carbons (Fsp3) is 0.259. The Kier molecular flexibility index (Phi) is 5.98. The van der Waals surface area contributed by atoms with Crippen LogP contribution in [0.4, 0.5) is 5.82 Å². The maximum atomic E-state index is 12.5. The van der Waals surface area contributed by atoms with Gasteiger partial charge in [0.15, 0.2) is 0 Å². The number of carbonyl (C=O) groups is 1. The summed E-state index contributed by atoms with van der Waals surface area (Å²) < 4.78 is 12.9. The Morgan fingerprint density at radius 2 is 1.79 bits per heavy atom. The van der Waals surface area contributed by atoms with Gasteiger partial charge < -0.3 is 14.8 Å². The molecule has 1 fully saturated rings. The van der Waals surface area contributed by atoms with Crippen LogP contribution in [0.2, 0.25) is 0 Å². The third kappa shape index (κ3) is 4.55. The van der Waals surface area contributed by atoms with Crippen LogP contribution in [-0.4, -0.2) is 28.5 Å². The lowest BCUT2D eigenvalue weighted by molar-refractivity contribution is 0.0734. The molecule has 1 aliphatic carbocycles. The van der Waals surface area contributed by atoms with Crippen molar-refractivity contribution in [3.63, 3.8) is 0 Å². The maximum Gasteiger partial charge on any atom is 0.343 e. The summed E-state index contributed by atoms with van der Waals surface area (Å²) in [5.41, 5.74) is 3.22. The zero-order valence-corrected chi connectivity index (χ0v) is 18.7. The number of hydrogen-bond acceptors (Lipinski definition) is 5. The van der Waals surface area contributed by atoms with Crippen molar-refractivity contribution < 1.29 is 14.3 Å². The number of hydrogen-bond donors (Lipinski definition) is 1. The molecule has 2 aromatic carbocycles. The second kappa shape index (κ2) is 9.36. The third-order valence-corrected chi connectivity index (χ3v) is 6.12. The Labute approximate surface area is 193 Å². The number of imidazole rings is 1. The fourth-order valence-corrected chi connectivity index (χ4v) is 4.37. The van der Waals surface area contributed by atoms with Crippen molar-refractivity contribution in [1.82, 2.24) is 9.38 Å². The van der Waals surface area contributed by atoms with Crippen LogP contribution in [0.15, 0.2) is 72.9 Å². The molecule has 0 aliphatic heterocycles. The summed E-state index contributed by atoms with van der Waals surface area (Å²) in [4.78, 5) is 17.4. The number of benzene rings is 2. The molecule has 0 unspecified atom stereocenters. The molecule has 2 aromatic heterocycles. The van der Waals surface area contributed by atoms with Crippen LogP contribution in [-0.2, 0) is 0 Å². The molecule has 0 bridgehead atoms. The van der Waals surface area contributed by atoms with Crippen molar-refractivity contribution in [3.05, 3.63) is 78.5 Å². The first-order valence-electron chi connectivity index (χ1n) is 11.4. The molecule has 0 amide bonds. The number of rotatable bonds is 6. The summed E-state index contributed by atoms with van der Waals surface area (Å²) in [6, 6.07) is 20.9. The van der Waals surface area contributed by atoms with Crippen LogP contribution in [0.5, 0.6) is 11.5 Å². The number of fused-ring (bicyclic) bond motifs is 1. The van der Waals surface area contributed by atoms with Crippen LogP contribution in [0.1, 0.15) is 42.5 Å². The third-order valence-electron chi connectivity index (χ3n) is 6.12. The molecule has 33 heavy (non-hydrogen) atoms. The lowest BCUT2D eigenvalue weighted by atomic mass is 9.95. The normalized spacial score (nSPS) is 14.2. The number of esters is 1. The second-order valence-electron chi connectivity index (χ2n) is 8.36. The van der Waals surface area contributed by atoms with E-state index in [0.29, 0.717) is 23.1 Å². The van der Waals surface area contributed by atoms with Crippen molar-refractivity contribution >= 4 is 17.4 Å². The predicted octanol–water partition coefficient (Wildman–Crippen LogP) is 5.97. The van der Waals surface area contributed by atoms with Gasteiger partial charge in [0.05, 0.1) is 12.7 Å². The van der Waals surface area contributed by atoms with Gasteiger partial charge in [0, 0.05) is 17.8 Å². The summed E-state index contributed by atoms with van der Waals surface area (Å²) in [7, 11) is 1.57. The number of aromatic nitrogens is 2. The first-order valence-corrected chi connectivity index (χ1v) is 11.4. The van der Waals surface area contributed by atoms with Crippen molar-refractivity contribution in [2.45, 2.75) is 38.1 Å². The highest BCUT2D eigenvalue weighted by Crippen LogP contribution is 2.32. The minimum Gasteiger partial charge on any atom is -0.497 e. The Morgan fingerprint density at radius 3 is 2.58 bits per heavy atom. The predicted molar refractivity (Wildman–Crippen MR) is 129 cm³/mol. The van der Waals surface area contributed by atoms with E-state index in [1.165, 1.54) is 32.1 Å². The number of methoxy groups -OCH3 is 1. The number of pyridine rings is 1. The van der Waals surface area contributed by atoms with Gasteiger partial charge in [-0.1, -0.05) is 31.4 Å². The standard InChI is InChI=1S/C27H27N3O3/c1-32-23-11-7-8-20(18-23)27(31)33-22-15-13-19(14-16-22)25-26(28-21-9-3-2-4-10-21)30-17-6-5-12-24(30)29-25/h5-8,11-18,21,28H,2-4,9-10H2,1H3. The van der Waals surface area contributed by atoms with Crippen LogP contribution in [0, 0.1) is 0 Å². The highest BCUT2D eigenvalue weighted by molar-refractivity contribution is 5.91. The van der Waals surface area contributed by atoms with Crippen molar-refractivity contribution in [1.29, 1.82) is 0 Å². The molecule has 1 saturated carbocycles. The maximum absolute atomic E-state index is 12.5. The van der Waals surface area contributed by atoms with E-state index in [9.17, 15) is 4.79 Å². The van der Waals surface area contributed by atoms with Crippen LogP contribution < -0.4 is 14.8 Å². The smallest absolute Gasteiger partial charge is 0.343 e. The molecule has 168 valence electrons. The van der Waals surface area contributed by atoms with E-state index in [-0.39, 0.29) is 0 Å². The molecule has 5 rings (SSSR count). The Hall–Kier alpha value is -3.80. The largest absolute Gasteiger partial charge is 0.497 e. The monoisotopic (exact) mass is 441 g/mol. The van der Waals surface area contributed by atoms with E-state index in [1.807, 2.05) is 48.7 Å². The Balaban J connectivity index is 1.40. The zero-order chi connectivity index (χ0) is 22.6. The highest BCUT2D eigenvalue weighted by Gasteiger charge is 2.20. The van der Waals surface area contributed by atoms with Gasteiger partial charge in [0.1, 0.15) is 28.7 Å². The van der Waals surface area contributed by atoms with Gasteiger partial charge in [-0.2, -0.15) is 0 Å². The van der Waals surface area contributed by atoms with Crippen LogP contribution >= 0.6 is 0 Å². The van der Waals surface area contributed by atoms with E-state index in [2.05, 4.69) is 9.72 Å². The number of carbonyl (C=O) groups excluding carboxylic acids is 1. The number of nitrogens with zero attached hydrogens (tertiary/aromatic N) is 2. The quantitative estimate of drug-likeness (QED) is 0.295. The lowest BCUT2D eigenvalue weighted by Crippen LogP contribution is -2.23. The molecule has 1 N–H and O–H groups in total. The van der Waals surface area contributed by atoms with Crippen molar-refractivity contribution in [2.75, 3.05) is 12.4 Å². The molecule has 0 radical (unpaired) electrons. The van der Waals surface area contributed by atoms with E-state index in [0.717, 1.165) is 22.7 Å². The van der Waals surface area contributed by atoms with E-state index in [4.69, 9.17) is 14.5 Å². The minimum atomic E-state index is -0.422. The average Bonchev–Trinajstić information content (AvgIpc) is 3.23. The summed E-state index contributed by atoms with van der Waals surface area (Å²) in [5.74, 6) is 1.69. The minimum absolute atomic E-state index is 0.422. The molecule has 6 heteroatoms. The van der Waals surface area contributed by atoms with Gasteiger partial charge in [0.2, 0.25) is 0 Å². The fourth-order valence-electron chi connectivity index (χ4n) is 4.37. The molecule has 6 nitrogen and oxygen atoms in total. The molecule has 0 saturated heterocycles. The van der Waals surface area contributed by atoms with Gasteiger partial charge in [-0.15, -0.1) is 0 Å². The van der Waals surface area contributed by atoms with Gasteiger partial charge in [-0.25, -0.2) is 9.78 Å². The SMILES string of the molecule is COc1cccc(C(=O)Oc2ccc(-c3nc4ccccn4c3NC3CCCCC3)cc2)c1. The molecule has 2 heterocycles. The van der Waals surface area contributed by atoms with Gasteiger partial charge >= 0.3 is 5.97 Å². The summed E-state index contributed by atoms with van der Waals surface area (Å²) >= 11 is 0. The summed E-state index contributed by atoms with van der Waals surface area (Å²) in [6.45, 7) is 0. The number of nitrogens with one attached hydrogen (secondary N) is 1. The highest BCUT2D eigenvalue weighted by atomic mass is 16.5. The van der Waals surface area contributed by atoms with E-state index < -0.39 is 5.97 Å². The molecular formula is C27H27N3O3. The molecular weight excluding hydrogens is 414 g/mol. The summed E-state index contributed by atoms with van der Waals surface area (Å²) in [5, 5.41) is 3.75. The van der Waals surface area contributed by atoms with E-state index in [1.54, 1.807) is 31.4 Å². The molecule has 0 spiro atoms. The first kappa shape index (κ1) is 21.1. The van der Waals surface area contributed by atoms with E-state index >= 15 is 0 Å². The van der Waals surface area contributed by atoms with Crippen LogP contribution in [0.3, 0.4) is 0 Å². The van der Waals surface area contributed by atoms with Crippen LogP contribution in [0.25, 0.3) is 16.9 Å². The second-order valence-corrected chi connectivity index (χ2v) is 8.36. The number of ether oxygens (including phenoxy) is 2. The van der Waals surface area contributed by atoms with Gasteiger partial charge in [-0.05, 0) is 67.4 Å². The lowest BCUT2D eigenvalue weighted by Gasteiger charge is -2.24. The molecule has 0 atom stereocenters. The topological polar surface area (TPSA) is 64.9 Å². The summed E-state index contributed by atoms with van der Waals surface area (Å²) in [6.07, 6.45) is 8.24. The van der Waals surface area contributed by atoms with Gasteiger partial charge in [0.25, 0.3) is 0 Å². The molecule has 4 aromatic rings. The first-order chi connectivity index (χ1) is 16.2. The van der Waals surface area contributed by atoms with Crippen molar-refractivity contribution in [2.24, 2.45) is 0 Å². The zero-order valence-electron chi connectivity index (χ0n) is 18.7. The van der Waals surface area contributed by atoms with Crippen molar-refractivity contribution in [3.8, 4) is 22.8 Å². The Morgan fingerprint density at radius 1 is 0.970 bits per heavy atom.